The van der Waals surface area contributed by atoms with Crippen LogP contribution in [-0.2, 0) is 6.54 Å². The van der Waals surface area contributed by atoms with E-state index < -0.39 is 0 Å². The average molecular weight is 194 g/mol. The van der Waals surface area contributed by atoms with E-state index in [0.717, 1.165) is 43.9 Å². The van der Waals surface area contributed by atoms with E-state index in [4.69, 9.17) is 11.5 Å². The van der Waals surface area contributed by atoms with Gasteiger partial charge in [0.05, 0.1) is 11.4 Å². The molecule has 0 aromatic carbocycles. The molecule has 0 aliphatic carbocycles. The summed E-state index contributed by atoms with van der Waals surface area (Å²) in [5, 5.41) is 3.28. The highest BCUT2D eigenvalue weighted by Crippen LogP contribution is 2.05. The maximum Gasteiger partial charge on any atom is 0.0770 e. The zero-order valence-corrected chi connectivity index (χ0v) is 8.37. The third kappa shape index (κ3) is 3.72. The van der Waals surface area contributed by atoms with Gasteiger partial charge in [-0.2, -0.15) is 0 Å². The maximum absolute atomic E-state index is 5.74. The molecule has 14 heavy (non-hydrogen) atoms. The monoisotopic (exact) mass is 194 g/mol. The zero-order valence-electron chi connectivity index (χ0n) is 8.37. The van der Waals surface area contributed by atoms with Gasteiger partial charge in [0.1, 0.15) is 0 Å². The van der Waals surface area contributed by atoms with Gasteiger partial charge >= 0.3 is 0 Å². The average Bonchev–Trinajstić information content (AvgIpc) is 2.20. The van der Waals surface area contributed by atoms with Crippen LogP contribution in [0.3, 0.4) is 0 Å². The molecule has 78 valence electrons. The highest BCUT2D eigenvalue weighted by molar-refractivity contribution is 5.41. The van der Waals surface area contributed by atoms with Gasteiger partial charge in [0.15, 0.2) is 0 Å². The second-order valence-corrected chi connectivity index (χ2v) is 3.21. The van der Waals surface area contributed by atoms with Crippen molar-refractivity contribution in [2.45, 2.75) is 19.4 Å². The number of pyridine rings is 1. The van der Waals surface area contributed by atoms with Crippen LogP contribution in [0.2, 0.25) is 0 Å². The molecular weight excluding hydrogens is 176 g/mol. The minimum atomic E-state index is 0.733. The molecule has 1 rings (SSSR count). The van der Waals surface area contributed by atoms with Crippen molar-refractivity contribution in [3.63, 3.8) is 0 Å². The van der Waals surface area contributed by atoms with Crippen LogP contribution in [0, 0.1) is 0 Å². The second kappa shape index (κ2) is 6.34. The van der Waals surface area contributed by atoms with Crippen molar-refractivity contribution >= 4 is 5.69 Å². The number of hydrogen-bond acceptors (Lipinski definition) is 4. The van der Waals surface area contributed by atoms with Gasteiger partial charge in [0, 0.05) is 12.7 Å². The van der Waals surface area contributed by atoms with Crippen molar-refractivity contribution < 1.29 is 0 Å². The summed E-state index contributed by atoms with van der Waals surface area (Å²) in [4.78, 5) is 4.18. The quantitative estimate of drug-likeness (QED) is 0.576. The van der Waals surface area contributed by atoms with Gasteiger partial charge in [-0.1, -0.05) is 0 Å². The molecule has 0 radical (unpaired) electrons. The number of hydrogen-bond donors (Lipinski definition) is 3. The fourth-order valence-electron chi connectivity index (χ4n) is 1.20. The van der Waals surface area contributed by atoms with Crippen molar-refractivity contribution in [1.29, 1.82) is 0 Å². The van der Waals surface area contributed by atoms with Crippen molar-refractivity contribution in [3.8, 4) is 0 Å². The summed E-state index contributed by atoms with van der Waals surface area (Å²) in [6, 6.07) is 3.71. The summed E-state index contributed by atoms with van der Waals surface area (Å²) in [6.07, 6.45) is 3.92. The minimum absolute atomic E-state index is 0.733. The van der Waals surface area contributed by atoms with Crippen molar-refractivity contribution in [3.05, 3.63) is 24.0 Å². The fourth-order valence-corrected chi connectivity index (χ4v) is 1.20. The minimum Gasteiger partial charge on any atom is -0.397 e. The Balaban J connectivity index is 2.21. The van der Waals surface area contributed by atoms with E-state index in [2.05, 4.69) is 10.3 Å². The molecule has 0 unspecified atom stereocenters. The Bertz CT molecular complexity index is 262. The molecule has 0 aliphatic rings. The first-order chi connectivity index (χ1) is 6.84. The normalized spacial score (nSPS) is 10.4. The summed E-state index contributed by atoms with van der Waals surface area (Å²) >= 11 is 0. The Hall–Kier alpha value is -1.13. The Morgan fingerprint density at radius 2 is 2.21 bits per heavy atom. The standard InChI is InChI=1S/C10H18N4/c11-5-1-2-6-13-8-10-9(12)4-3-7-14-10/h3-4,7,13H,1-2,5-6,8,11-12H2. The van der Waals surface area contributed by atoms with Crippen LogP contribution in [0.15, 0.2) is 18.3 Å². The van der Waals surface area contributed by atoms with Gasteiger partial charge in [-0.25, -0.2) is 0 Å². The molecule has 0 amide bonds. The molecule has 0 atom stereocenters. The second-order valence-electron chi connectivity index (χ2n) is 3.21. The third-order valence-corrected chi connectivity index (χ3v) is 2.03. The lowest BCUT2D eigenvalue weighted by atomic mass is 10.3. The Labute approximate surface area is 84.7 Å². The van der Waals surface area contributed by atoms with Gasteiger partial charge in [-0.05, 0) is 38.1 Å². The summed E-state index contributed by atoms with van der Waals surface area (Å²) in [5.41, 5.74) is 12.8. The van der Waals surface area contributed by atoms with Crippen LogP contribution in [0.5, 0.6) is 0 Å². The van der Waals surface area contributed by atoms with Gasteiger partial charge < -0.3 is 16.8 Å². The van der Waals surface area contributed by atoms with E-state index in [0.29, 0.717) is 0 Å². The fraction of sp³-hybridized carbons (Fsp3) is 0.500. The first kappa shape index (κ1) is 10.9. The third-order valence-electron chi connectivity index (χ3n) is 2.03. The van der Waals surface area contributed by atoms with Crippen LogP contribution < -0.4 is 16.8 Å². The molecular formula is C10H18N4. The molecule has 4 nitrogen and oxygen atoms in total. The number of nitrogens with zero attached hydrogens (tertiary/aromatic N) is 1. The van der Waals surface area contributed by atoms with Crippen LogP contribution >= 0.6 is 0 Å². The SMILES string of the molecule is NCCCCNCc1ncccc1N. The number of anilines is 1. The van der Waals surface area contributed by atoms with Crippen LogP contribution in [-0.4, -0.2) is 18.1 Å². The van der Waals surface area contributed by atoms with Gasteiger partial charge in [0.2, 0.25) is 0 Å². The number of unbranched alkanes of at least 4 members (excludes halogenated alkanes) is 1. The molecule has 0 saturated carbocycles. The van der Waals surface area contributed by atoms with E-state index in [1.165, 1.54) is 0 Å². The number of rotatable bonds is 6. The van der Waals surface area contributed by atoms with Gasteiger partial charge in [-0.15, -0.1) is 0 Å². The van der Waals surface area contributed by atoms with E-state index in [-0.39, 0.29) is 0 Å². The first-order valence-electron chi connectivity index (χ1n) is 4.94. The molecule has 1 aromatic heterocycles. The Kier molecular flexibility index (Phi) is 4.96. The zero-order chi connectivity index (χ0) is 10.2. The van der Waals surface area contributed by atoms with Crippen molar-refractivity contribution in [1.82, 2.24) is 10.3 Å². The molecule has 1 heterocycles. The van der Waals surface area contributed by atoms with E-state index in [9.17, 15) is 0 Å². The summed E-state index contributed by atoms with van der Waals surface area (Å²) in [7, 11) is 0. The van der Waals surface area contributed by atoms with Gasteiger partial charge in [-0.3, -0.25) is 4.98 Å². The van der Waals surface area contributed by atoms with Crippen molar-refractivity contribution in [2.75, 3.05) is 18.8 Å². The molecule has 0 saturated heterocycles. The lowest BCUT2D eigenvalue weighted by Gasteiger charge is -2.05. The van der Waals surface area contributed by atoms with Gasteiger partial charge in [0.25, 0.3) is 0 Å². The van der Waals surface area contributed by atoms with Crippen LogP contribution in [0.25, 0.3) is 0 Å². The summed E-state index contributed by atoms with van der Waals surface area (Å²) in [5.74, 6) is 0. The Morgan fingerprint density at radius 3 is 2.93 bits per heavy atom. The van der Waals surface area contributed by atoms with E-state index in [1.807, 2.05) is 12.1 Å². The van der Waals surface area contributed by atoms with Crippen LogP contribution in [0.4, 0.5) is 5.69 Å². The maximum atomic E-state index is 5.74. The summed E-state index contributed by atoms with van der Waals surface area (Å²) in [6.45, 7) is 2.46. The molecule has 5 N–H and O–H groups in total. The van der Waals surface area contributed by atoms with E-state index >= 15 is 0 Å². The van der Waals surface area contributed by atoms with E-state index in [1.54, 1.807) is 6.20 Å². The first-order valence-corrected chi connectivity index (χ1v) is 4.94. The predicted octanol–water partition coefficient (Wildman–Crippen LogP) is 0.492. The van der Waals surface area contributed by atoms with Crippen LogP contribution in [0.1, 0.15) is 18.5 Å². The number of aromatic nitrogens is 1. The number of nitrogen functional groups attached to an aromatic ring is 1. The Morgan fingerprint density at radius 1 is 1.36 bits per heavy atom. The highest BCUT2D eigenvalue weighted by Gasteiger charge is 1.97. The molecule has 4 heteroatoms. The lowest BCUT2D eigenvalue weighted by Crippen LogP contribution is -2.17. The highest BCUT2D eigenvalue weighted by atomic mass is 14.9. The summed E-state index contributed by atoms with van der Waals surface area (Å²) < 4.78 is 0. The smallest absolute Gasteiger partial charge is 0.0770 e. The molecule has 0 bridgehead atoms. The largest absolute Gasteiger partial charge is 0.397 e. The van der Waals surface area contributed by atoms with Crippen molar-refractivity contribution in [2.24, 2.45) is 5.73 Å². The molecule has 1 aromatic rings. The molecule has 0 spiro atoms. The number of nitrogens with one attached hydrogen (secondary N) is 1. The molecule has 0 fully saturated rings. The molecule has 0 aliphatic heterocycles. The lowest BCUT2D eigenvalue weighted by molar-refractivity contribution is 0.621. The predicted molar refractivity (Wildman–Crippen MR) is 58.6 cm³/mol. The number of nitrogens with two attached hydrogens (primary N) is 2. The topological polar surface area (TPSA) is 77.0 Å².